The molecule has 5 rings (SSSR count). The zero-order valence-corrected chi connectivity index (χ0v) is 15.9. The predicted molar refractivity (Wildman–Crippen MR) is 107 cm³/mol. The van der Waals surface area contributed by atoms with Gasteiger partial charge < -0.3 is 14.0 Å². The van der Waals surface area contributed by atoms with E-state index in [9.17, 15) is 0 Å². The molecular weight excluding hydrogens is 376 g/mol. The highest BCUT2D eigenvalue weighted by Gasteiger charge is 2.44. The summed E-state index contributed by atoms with van der Waals surface area (Å²) in [6.45, 7) is 4.84. The summed E-state index contributed by atoms with van der Waals surface area (Å²) in [4.78, 5) is 12.9. The van der Waals surface area contributed by atoms with E-state index in [0.29, 0.717) is 29.8 Å². The molecule has 6 nitrogen and oxygen atoms in total. The average Bonchev–Trinajstić information content (AvgIpc) is 3.40. The molecule has 1 aromatic carbocycles. The zero-order valence-electron chi connectivity index (χ0n) is 15.2. The Balaban J connectivity index is 1.66. The Hall–Kier alpha value is -2.54. The summed E-state index contributed by atoms with van der Waals surface area (Å²) in [6, 6.07) is 10.5. The maximum Gasteiger partial charge on any atom is 0.181 e. The minimum absolute atomic E-state index is 0.0806. The van der Waals surface area contributed by atoms with Crippen LogP contribution in [0.25, 0.3) is 16.7 Å². The van der Waals surface area contributed by atoms with Crippen molar-refractivity contribution in [2.75, 3.05) is 13.2 Å². The Morgan fingerprint density at radius 1 is 1.25 bits per heavy atom. The third-order valence-electron chi connectivity index (χ3n) is 5.39. The maximum atomic E-state index is 6.22. The molecule has 0 N–H and O–H groups in total. The minimum atomic E-state index is -0.351. The first-order chi connectivity index (χ1) is 13.8. The number of hydrogen-bond donors (Lipinski definition) is 0. The first kappa shape index (κ1) is 17.6. The average molecular weight is 395 g/mol. The normalized spacial score (nSPS) is 24.1. The largest absolute Gasteiger partial charge is 0.348 e. The van der Waals surface area contributed by atoms with Crippen LogP contribution in [0, 0.1) is 5.92 Å². The molecule has 0 bridgehead atoms. The van der Waals surface area contributed by atoms with Gasteiger partial charge in [0.25, 0.3) is 0 Å². The van der Waals surface area contributed by atoms with Gasteiger partial charge in [0.15, 0.2) is 17.1 Å². The second kappa shape index (κ2) is 7.13. The molecule has 3 atom stereocenters. The number of fused-ring (bicyclic) bond motifs is 2. The number of ether oxygens (including phenoxy) is 2. The van der Waals surface area contributed by atoms with Gasteiger partial charge in [-0.1, -0.05) is 48.0 Å². The van der Waals surface area contributed by atoms with E-state index >= 15 is 0 Å². The third kappa shape index (κ3) is 2.76. The fourth-order valence-electron chi connectivity index (χ4n) is 4.27. The lowest BCUT2D eigenvalue weighted by Gasteiger charge is -2.21. The van der Waals surface area contributed by atoms with E-state index in [-0.39, 0.29) is 12.3 Å². The van der Waals surface area contributed by atoms with Gasteiger partial charge in [0.05, 0.1) is 25.6 Å². The van der Waals surface area contributed by atoms with E-state index in [1.165, 1.54) is 17.5 Å². The molecule has 28 heavy (non-hydrogen) atoms. The van der Waals surface area contributed by atoms with Crippen molar-refractivity contribution < 1.29 is 9.47 Å². The fourth-order valence-corrected chi connectivity index (χ4v) is 4.45. The van der Waals surface area contributed by atoms with Crippen LogP contribution in [0.5, 0.6) is 0 Å². The van der Waals surface area contributed by atoms with Crippen LogP contribution in [0.4, 0.5) is 0 Å². The van der Waals surface area contributed by atoms with E-state index in [2.05, 4.69) is 38.2 Å². The number of benzene rings is 1. The molecular formula is C21H19ClN4O2. The highest BCUT2D eigenvalue weighted by Crippen LogP contribution is 2.51. The van der Waals surface area contributed by atoms with Gasteiger partial charge in [-0.3, -0.25) is 0 Å². The summed E-state index contributed by atoms with van der Waals surface area (Å²) in [5.74, 6) is 0.296. The third-order valence-corrected chi connectivity index (χ3v) is 5.67. The quantitative estimate of drug-likeness (QED) is 0.482. The van der Waals surface area contributed by atoms with Crippen molar-refractivity contribution in [1.82, 2.24) is 19.5 Å². The highest BCUT2D eigenvalue weighted by atomic mass is 35.5. The van der Waals surface area contributed by atoms with E-state index in [1.54, 1.807) is 12.4 Å². The summed E-state index contributed by atoms with van der Waals surface area (Å²) < 4.78 is 14.0. The van der Waals surface area contributed by atoms with E-state index in [0.717, 1.165) is 17.6 Å². The Morgan fingerprint density at radius 2 is 2.11 bits per heavy atom. The monoisotopic (exact) mass is 394 g/mol. The topological polar surface area (TPSA) is 62.1 Å². The molecule has 2 aliphatic rings. The zero-order chi connectivity index (χ0) is 19.1. The lowest BCUT2D eigenvalue weighted by molar-refractivity contribution is -0.0843. The molecule has 142 valence electrons. The van der Waals surface area contributed by atoms with Crippen molar-refractivity contribution in [3.8, 4) is 0 Å². The Morgan fingerprint density at radius 3 is 2.93 bits per heavy atom. The number of halogens is 1. The molecule has 0 spiro atoms. The molecule has 3 aromatic rings. The number of hydrogen-bond acceptors (Lipinski definition) is 5. The molecule has 0 amide bonds. The van der Waals surface area contributed by atoms with Crippen molar-refractivity contribution in [2.45, 2.75) is 18.8 Å². The van der Waals surface area contributed by atoms with E-state index in [1.807, 2.05) is 18.2 Å². The van der Waals surface area contributed by atoms with Gasteiger partial charge in [0, 0.05) is 5.92 Å². The van der Waals surface area contributed by atoms with Crippen LogP contribution in [0.3, 0.4) is 0 Å². The van der Waals surface area contributed by atoms with Crippen LogP contribution in [-0.4, -0.2) is 39.0 Å². The van der Waals surface area contributed by atoms with Crippen molar-refractivity contribution in [3.63, 3.8) is 0 Å². The van der Waals surface area contributed by atoms with Gasteiger partial charge in [0.1, 0.15) is 11.8 Å². The Bertz CT molecular complexity index is 1060. The molecule has 1 aliphatic heterocycles. The molecule has 2 aromatic heterocycles. The van der Waals surface area contributed by atoms with Crippen LogP contribution >= 0.6 is 11.6 Å². The van der Waals surface area contributed by atoms with Crippen LogP contribution in [-0.2, 0) is 9.47 Å². The van der Waals surface area contributed by atoms with E-state index < -0.39 is 0 Å². The second-order valence-electron chi connectivity index (χ2n) is 6.96. The summed E-state index contributed by atoms with van der Waals surface area (Å²) in [7, 11) is 0. The molecule has 1 fully saturated rings. The smallest absolute Gasteiger partial charge is 0.181 e. The standard InChI is InChI=1S/C21H19ClN4O2/c1-2-8-27-21-17-14(10-28-21)9-15(16(17)13-6-4-3-5-7-13)26-12-25-18-19(22)23-11-24-20(18)26/h2-7,11-12,14-15,21H,1,8-10H2/t14-,15-,21-/m1/s1. The first-order valence-corrected chi connectivity index (χ1v) is 9.62. The van der Waals surface area contributed by atoms with Crippen LogP contribution in [0.15, 0.2) is 61.2 Å². The van der Waals surface area contributed by atoms with Gasteiger partial charge >= 0.3 is 0 Å². The van der Waals surface area contributed by atoms with Crippen LogP contribution in [0.2, 0.25) is 5.15 Å². The molecule has 7 heteroatoms. The lowest BCUT2D eigenvalue weighted by atomic mass is 9.98. The van der Waals surface area contributed by atoms with Gasteiger partial charge in [-0.05, 0) is 23.1 Å². The number of rotatable bonds is 5. The molecule has 0 saturated carbocycles. The Kier molecular flexibility index (Phi) is 4.47. The summed E-state index contributed by atoms with van der Waals surface area (Å²) in [6.07, 6.45) is 5.58. The number of allylic oxidation sites excluding steroid dienone is 1. The molecule has 0 radical (unpaired) electrons. The molecule has 1 aliphatic carbocycles. The van der Waals surface area contributed by atoms with Gasteiger partial charge in [-0.25, -0.2) is 15.0 Å². The highest BCUT2D eigenvalue weighted by molar-refractivity contribution is 6.33. The minimum Gasteiger partial charge on any atom is -0.348 e. The first-order valence-electron chi connectivity index (χ1n) is 9.24. The summed E-state index contributed by atoms with van der Waals surface area (Å²) in [5.41, 5.74) is 4.94. The van der Waals surface area contributed by atoms with E-state index in [4.69, 9.17) is 21.1 Å². The maximum absolute atomic E-state index is 6.22. The van der Waals surface area contributed by atoms with Crippen LogP contribution < -0.4 is 0 Å². The number of aromatic nitrogens is 4. The van der Waals surface area contributed by atoms with Gasteiger partial charge in [0.2, 0.25) is 0 Å². The predicted octanol–water partition coefficient (Wildman–Crippen LogP) is 4.05. The van der Waals surface area contributed by atoms with Gasteiger partial charge in [-0.2, -0.15) is 0 Å². The van der Waals surface area contributed by atoms with Crippen molar-refractivity contribution in [3.05, 3.63) is 71.9 Å². The van der Waals surface area contributed by atoms with Crippen molar-refractivity contribution in [1.29, 1.82) is 0 Å². The number of imidazole rings is 1. The van der Waals surface area contributed by atoms with Gasteiger partial charge in [-0.15, -0.1) is 6.58 Å². The SMILES string of the molecule is C=CCO[C@@H]1OC[C@H]2C[C@@H](n3cnc4c(Cl)ncnc43)C(c3ccccc3)=C21. The van der Waals surface area contributed by atoms with Crippen LogP contribution in [0.1, 0.15) is 18.0 Å². The fraction of sp³-hybridized carbons (Fsp3) is 0.286. The molecule has 0 unspecified atom stereocenters. The lowest BCUT2D eigenvalue weighted by Crippen LogP contribution is -2.16. The summed E-state index contributed by atoms with van der Waals surface area (Å²) in [5, 5.41) is 0.367. The van der Waals surface area contributed by atoms with Crippen molar-refractivity contribution in [2.24, 2.45) is 5.92 Å². The molecule has 3 heterocycles. The molecule has 1 saturated heterocycles. The number of nitrogens with zero attached hydrogens (tertiary/aromatic N) is 4. The Labute approximate surface area is 167 Å². The second-order valence-corrected chi connectivity index (χ2v) is 7.32. The summed E-state index contributed by atoms with van der Waals surface area (Å²) >= 11 is 6.22. The van der Waals surface area contributed by atoms with Crippen molar-refractivity contribution >= 4 is 28.3 Å².